The van der Waals surface area contributed by atoms with E-state index in [9.17, 15) is 9.59 Å². The van der Waals surface area contributed by atoms with E-state index < -0.39 is 23.6 Å². The quantitative estimate of drug-likeness (QED) is 0.851. The first-order valence-electron chi connectivity index (χ1n) is 8.11. The maximum absolute atomic E-state index is 12.8. The summed E-state index contributed by atoms with van der Waals surface area (Å²) in [6.07, 6.45) is -0.686. The molecule has 1 aromatic heterocycles. The van der Waals surface area contributed by atoms with E-state index >= 15 is 0 Å². The molecular formula is C18H23ClN4O3. The maximum Gasteiger partial charge on any atom is 0.408 e. The lowest BCUT2D eigenvalue weighted by molar-refractivity contribution is -0.118. The molecule has 1 atom stereocenters. The Labute approximate surface area is 157 Å². The molecule has 8 heteroatoms. The first-order valence-corrected chi connectivity index (χ1v) is 8.49. The van der Waals surface area contributed by atoms with Crippen LogP contribution in [0.5, 0.6) is 0 Å². The number of nitrogens with one attached hydrogen (secondary N) is 2. The number of halogens is 1. The molecule has 2 amide bonds. The highest BCUT2D eigenvalue weighted by Gasteiger charge is 2.26. The molecule has 0 fully saturated rings. The Morgan fingerprint density at radius 3 is 2.35 bits per heavy atom. The standard InChI is InChI=1S/C18H23ClN4O3/c1-11-10-14(23(5)22-11)20-16(24)15(12-6-8-13(19)9-7-12)21-17(25)26-18(2,3)4/h6-10,15H,1-5H3,(H,20,24)(H,21,25). The van der Waals surface area contributed by atoms with E-state index in [-0.39, 0.29) is 0 Å². The van der Waals surface area contributed by atoms with Crippen LogP contribution in [0.25, 0.3) is 0 Å². The summed E-state index contributed by atoms with van der Waals surface area (Å²) in [5.74, 6) is 0.110. The van der Waals surface area contributed by atoms with Gasteiger partial charge in [0, 0.05) is 18.1 Å². The molecule has 1 unspecified atom stereocenters. The lowest BCUT2D eigenvalue weighted by Gasteiger charge is -2.23. The van der Waals surface area contributed by atoms with Gasteiger partial charge in [-0.1, -0.05) is 23.7 Å². The van der Waals surface area contributed by atoms with Crippen LogP contribution in [-0.4, -0.2) is 27.4 Å². The monoisotopic (exact) mass is 378 g/mol. The number of ether oxygens (including phenoxy) is 1. The zero-order chi connectivity index (χ0) is 19.5. The Kier molecular flexibility index (Phi) is 5.92. The summed E-state index contributed by atoms with van der Waals surface area (Å²) in [6.45, 7) is 7.08. The van der Waals surface area contributed by atoms with E-state index in [4.69, 9.17) is 16.3 Å². The zero-order valence-corrected chi connectivity index (χ0v) is 16.2. The third kappa shape index (κ3) is 5.49. The minimum absolute atomic E-state index is 0.416. The molecule has 2 rings (SSSR count). The molecule has 0 aliphatic rings. The summed E-state index contributed by atoms with van der Waals surface area (Å²) < 4.78 is 6.82. The molecule has 0 bridgehead atoms. The second kappa shape index (κ2) is 7.78. The van der Waals surface area contributed by atoms with Gasteiger partial charge in [0.15, 0.2) is 0 Å². The van der Waals surface area contributed by atoms with E-state index in [0.717, 1.165) is 5.69 Å². The summed E-state index contributed by atoms with van der Waals surface area (Å²) in [7, 11) is 1.72. The molecule has 0 radical (unpaired) electrons. The topological polar surface area (TPSA) is 85.3 Å². The smallest absolute Gasteiger partial charge is 0.408 e. The number of nitrogens with zero attached hydrogens (tertiary/aromatic N) is 2. The van der Waals surface area contributed by atoms with Crippen molar-refractivity contribution < 1.29 is 14.3 Å². The van der Waals surface area contributed by atoms with Crippen molar-refractivity contribution >= 4 is 29.4 Å². The van der Waals surface area contributed by atoms with Crippen LogP contribution in [0.3, 0.4) is 0 Å². The van der Waals surface area contributed by atoms with Crippen LogP contribution in [0.15, 0.2) is 30.3 Å². The van der Waals surface area contributed by atoms with Crippen LogP contribution in [-0.2, 0) is 16.6 Å². The van der Waals surface area contributed by atoms with Crippen molar-refractivity contribution in [1.29, 1.82) is 0 Å². The largest absolute Gasteiger partial charge is 0.444 e. The van der Waals surface area contributed by atoms with Crippen molar-refractivity contribution in [2.75, 3.05) is 5.32 Å². The van der Waals surface area contributed by atoms with Gasteiger partial charge in [-0.3, -0.25) is 9.48 Å². The first-order chi connectivity index (χ1) is 12.0. The van der Waals surface area contributed by atoms with Gasteiger partial charge < -0.3 is 15.4 Å². The van der Waals surface area contributed by atoms with Crippen molar-refractivity contribution in [3.05, 3.63) is 46.6 Å². The van der Waals surface area contributed by atoms with Crippen molar-refractivity contribution in [2.24, 2.45) is 7.05 Å². The number of amides is 2. The number of anilines is 1. The Morgan fingerprint density at radius 1 is 1.23 bits per heavy atom. The summed E-state index contributed by atoms with van der Waals surface area (Å²) in [5.41, 5.74) is 0.673. The SMILES string of the molecule is Cc1cc(NC(=O)C(NC(=O)OC(C)(C)C)c2ccc(Cl)cc2)n(C)n1. The van der Waals surface area contributed by atoms with Gasteiger partial charge in [0.25, 0.3) is 5.91 Å². The van der Waals surface area contributed by atoms with Crippen LogP contribution in [0, 0.1) is 6.92 Å². The van der Waals surface area contributed by atoms with E-state index in [1.807, 2.05) is 6.92 Å². The number of hydrogen-bond acceptors (Lipinski definition) is 4. The minimum atomic E-state index is -0.947. The molecule has 0 saturated heterocycles. The van der Waals surface area contributed by atoms with Crippen molar-refractivity contribution in [1.82, 2.24) is 15.1 Å². The summed E-state index contributed by atoms with van der Waals surface area (Å²) >= 11 is 5.92. The molecule has 0 saturated carbocycles. The molecule has 0 spiro atoms. The lowest BCUT2D eigenvalue weighted by atomic mass is 10.1. The third-order valence-corrected chi connectivity index (χ3v) is 3.63. The van der Waals surface area contributed by atoms with E-state index in [1.165, 1.54) is 0 Å². The molecule has 0 aliphatic carbocycles. The summed E-state index contributed by atoms with van der Waals surface area (Å²) in [6, 6.07) is 7.46. The van der Waals surface area contributed by atoms with Crippen molar-refractivity contribution in [3.8, 4) is 0 Å². The highest BCUT2D eigenvalue weighted by Crippen LogP contribution is 2.20. The number of hydrogen-bond donors (Lipinski definition) is 2. The highest BCUT2D eigenvalue weighted by atomic mass is 35.5. The van der Waals surface area contributed by atoms with Gasteiger partial charge in [-0.15, -0.1) is 0 Å². The molecule has 140 valence electrons. The fraction of sp³-hybridized carbons (Fsp3) is 0.389. The first kappa shape index (κ1) is 19.8. The predicted octanol–water partition coefficient (Wildman–Crippen LogP) is 3.59. The van der Waals surface area contributed by atoms with Gasteiger partial charge in [0.2, 0.25) is 0 Å². The molecule has 1 aromatic carbocycles. The molecular weight excluding hydrogens is 356 g/mol. The average Bonchev–Trinajstić information content (AvgIpc) is 2.81. The number of alkyl carbamates (subject to hydrolysis) is 1. The minimum Gasteiger partial charge on any atom is -0.444 e. The second-order valence-electron chi connectivity index (χ2n) is 6.91. The van der Waals surface area contributed by atoms with E-state index in [1.54, 1.807) is 62.8 Å². The van der Waals surface area contributed by atoms with Gasteiger partial charge in [0.05, 0.1) is 5.69 Å². The molecule has 0 aliphatic heterocycles. The fourth-order valence-corrected chi connectivity index (χ4v) is 2.43. The lowest BCUT2D eigenvalue weighted by Crippen LogP contribution is -2.40. The number of aromatic nitrogens is 2. The number of rotatable bonds is 4. The Hall–Kier alpha value is -2.54. The highest BCUT2D eigenvalue weighted by molar-refractivity contribution is 6.30. The molecule has 1 heterocycles. The van der Waals surface area contributed by atoms with Gasteiger partial charge in [0.1, 0.15) is 17.5 Å². The normalized spacial score (nSPS) is 12.4. The number of aryl methyl sites for hydroxylation is 2. The Balaban J connectivity index is 2.24. The summed E-state index contributed by atoms with van der Waals surface area (Å²) in [5, 5.41) is 10.1. The van der Waals surface area contributed by atoms with Gasteiger partial charge >= 0.3 is 6.09 Å². The fourth-order valence-electron chi connectivity index (χ4n) is 2.31. The Bertz CT molecular complexity index is 794. The average molecular weight is 379 g/mol. The molecule has 2 aromatic rings. The number of benzene rings is 1. The van der Waals surface area contributed by atoms with Crippen LogP contribution in [0.1, 0.15) is 38.1 Å². The Morgan fingerprint density at radius 2 is 1.85 bits per heavy atom. The van der Waals surface area contributed by atoms with Crippen molar-refractivity contribution in [3.63, 3.8) is 0 Å². The molecule has 26 heavy (non-hydrogen) atoms. The van der Waals surface area contributed by atoms with Gasteiger partial charge in [-0.05, 0) is 45.4 Å². The van der Waals surface area contributed by atoms with Crippen LogP contribution in [0.2, 0.25) is 5.02 Å². The summed E-state index contributed by atoms with van der Waals surface area (Å²) in [4.78, 5) is 25.0. The van der Waals surface area contributed by atoms with Crippen molar-refractivity contribution in [2.45, 2.75) is 39.3 Å². The number of carbonyl (C=O) groups is 2. The third-order valence-electron chi connectivity index (χ3n) is 3.38. The molecule has 7 nitrogen and oxygen atoms in total. The second-order valence-corrected chi connectivity index (χ2v) is 7.35. The number of carbonyl (C=O) groups excluding carboxylic acids is 2. The maximum atomic E-state index is 12.8. The van der Waals surface area contributed by atoms with Gasteiger partial charge in [-0.25, -0.2) is 4.79 Å². The van der Waals surface area contributed by atoms with Crippen LogP contribution >= 0.6 is 11.6 Å². The van der Waals surface area contributed by atoms with Crippen LogP contribution in [0.4, 0.5) is 10.6 Å². The zero-order valence-electron chi connectivity index (χ0n) is 15.5. The molecule has 2 N–H and O–H groups in total. The van der Waals surface area contributed by atoms with E-state index in [2.05, 4.69) is 15.7 Å². The van der Waals surface area contributed by atoms with Crippen LogP contribution < -0.4 is 10.6 Å². The van der Waals surface area contributed by atoms with Gasteiger partial charge in [-0.2, -0.15) is 5.10 Å². The van der Waals surface area contributed by atoms with E-state index in [0.29, 0.717) is 16.4 Å². The predicted molar refractivity (Wildman–Crippen MR) is 100 cm³/mol.